The van der Waals surface area contributed by atoms with Crippen LogP contribution in [-0.2, 0) is 11.3 Å². The number of hydrogen-bond donors (Lipinski definition) is 1. The summed E-state index contributed by atoms with van der Waals surface area (Å²) in [5.41, 5.74) is 1.25. The van der Waals surface area contributed by atoms with Gasteiger partial charge in [0.2, 0.25) is 5.91 Å². The van der Waals surface area contributed by atoms with Crippen molar-refractivity contribution in [3.63, 3.8) is 0 Å². The Balaban J connectivity index is 1.61. The number of carbonyl (C=O) groups excluding carboxylic acids is 2. The summed E-state index contributed by atoms with van der Waals surface area (Å²) in [5.74, 6) is -0.0860. The molecule has 0 spiro atoms. The zero-order chi connectivity index (χ0) is 13.2. The third-order valence-corrected chi connectivity index (χ3v) is 4.26. The van der Waals surface area contributed by atoms with Crippen LogP contribution in [0.25, 0.3) is 0 Å². The van der Waals surface area contributed by atoms with E-state index in [1.54, 1.807) is 11.3 Å². The second-order valence-electron chi connectivity index (χ2n) is 5.05. The summed E-state index contributed by atoms with van der Waals surface area (Å²) < 4.78 is 0. The first-order valence-electron chi connectivity index (χ1n) is 6.57. The highest BCUT2D eigenvalue weighted by molar-refractivity contribution is 7.07. The maximum Gasteiger partial charge on any atom is 0.324 e. The summed E-state index contributed by atoms with van der Waals surface area (Å²) in [6.07, 6.45) is 2.31. The number of carbonyl (C=O) groups is 2. The average Bonchev–Trinajstić information content (AvgIpc) is 2.94. The lowest BCUT2D eigenvalue weighted by Crippen LogP contribution is -2.42. The van der Waals surface area contributed by atoms with Crippen LogP contribution in [0.1, 0.15) is 18.4 Å². The molecule has 2 fully saturated rings. The number of amides is 3. The summed E-state index contributed by atoms with van der Waals surface area (Å²) in [6.45, 7) is 2.20. The van der Waals surface area contributed by atoms with Crippen LogP contribution in [-0.4, -0.2) is 47.4 Å². The number of urea groups is 1. The second-order valence-corrected chi connectivity index (χ2v) is 5.83. The van der Waals surface area contributed by atoms with Crippen LogP contribution in [0.2, 0.25) is 0 Å². The molecule has 2 aliphatic rings. The molecule has 19 heavy (non-hydrogen) atoms. The van der Waals surface area contributed by atoms with Gasteiger partial charge in [-0.2, -0.15) is 11.3 Å². The van der Waals surface area contributed by atoms with Gasteiger partial charge in [-0.15, -0.1) is 0 Å². The van der Waals surface area contributed by atoms with E-state index in [9.17, 15) is 9.59 Å². The van der Waals surface area contributed by atoms with Crippen molar-refractivity contribution in [2.45, 2.75) is 25.4 Å². The molecule has 2 heterocycles. The van der Waals surface area contributed by atoms with E-state index in [-0.39, 0.29) is 11.9 Å². The van der Waals surface area contributed by atoms with E-state index in [0.717, 1.165) is 19.4 Å². The van der Waals surface area contributed by atoms with Gasteiger partial charge in [0, 0.05) is 25.7 Å². The minimum absolute atomic E-state index is 0.0860. The lowest BCUT2D eigenvalue weighted by Gasteiger charge is -2.23. The Morgan fingerprint density at radius 1 is 1.53 bits per heavy atom. The van der Waals surface area contributed by atoms with Crippen LogP contribution in [0.4, 0.5) is 4.79 Å². The Kier molecular flexibility index (Phi) is 3.52. The smallest absolute Gasteiger partial charge is 0.324 e. The predicted molar refractivity (Wildman–Crippen MR) is 72.9 cm³/mol. The fourth-order valence-corrected chi connectivity index (χ4v) is 3.00. The summed E-state index contributed by atoms with van der Waals surface area (Å²) in [4.78, 5) is 27.1. The number of nitrogens with one attached hydrogen (secondary N) is 1. The molecule has 1 saturated heterocycles. The van der Waals surface area contributed by atoms with Crippen molar-refractivity contribution < 1.29 is 9.59 Å². The second kappa shape index (κ2) is 5.30. The van der Waals surface area contributed by atoms with Crippen molar-refractivity contribution in [1.82, 2.24) is 15.1 Å². The molecule has 0 bridgehead atoms. The molecule has 3 amide bonds. The summed E-state index contributed by atoms with van der Waals surface area (Å²) in [5, 5.41) is 6.83. The van der Waals surface area contributed by atoms with Crippen LogP contribution < -0.4 is 5.32 Å². The minimum atomic E-state index is -0.253. The van der Waals surface area contributed by atoms with Gasteiger partial charge < -0.3 is 5.32 Å². The number of imide groups is 1. The molecule has 1 aromatic rings. The molecule has 102 valence electrons. The number of hydrogen-bond acceptors (Lipinski definition) is 4. The first kappa shape index (κ1) is 12.6. The summed E-state index contributed by atoms with van der Waals surface area (Å²) in [6, 6.07) is 2.35. The van der Waals surface area contributed by atoms with Crippen molar-refractivity contribution in [3.05, 3.63) is 22.4 Å². The van der Waals surface area contributed by atoms with Gasteiger partial charge >= 0.3 is 6.03 Å². The highest BCUT2D eigenvalue weighted by Gasteiger charge is 2.33. The molecular weight excluding hydrogens is 262 g/mol. The van der Waals surface area contributed by atoms with Gasteiger partial charge in [-0.25, -0.2) is 4.79 Å². The number of rotatable bonds is 5. The largest absolute Gasteiger partial charge is 0.336 e. The van der Waals surface area contributed by atoms with Gasteiger partial charge in [-0.1, -0.05) is 0 Å². The van der Waals surface area contributed by atoms with Gasteiger partial charge in [-0.3, -0.25) is 14.6 Å². The number of nitrogens with zero attached hydrogens (tertiary/aromatic N) is 2. The molecular formula is C13H17N3O2S. The first-order chi connectivity index (χ1) is 9.24. The van der Waals surface area contributed by atoms with Crippen molar-refractivity contribution in [2.24, 2.45) is 0 Å². The Labute approximate surface area is 116 Å². The lowest BCUT2D eigenvalue weighted by molar-refractivity contribution is -0.129. The van der Waals surface area contributed by atoms with Crippen LogP contribution in [0.5, 0.6) is 0 Å². The molecule has 1 aromatic heterocycles. The Hall–Kier alpha value is -1.40. The SMILES string of the molecule is O=C(CN(Cc1ccsc1)C1CC1)N1CCNC1=O. The van der Waals surface area contributed by atoms with Gasteiger partial charge in [0.25, 0.3) is 0 Å². The van der Waals surface area contributed by atoms with Crippen LogP contribution in [0.15, 0.2) is 16.8 Å². The standard InChI is InChI=1S/C13H17N3O2S/c17-12(16-5-4-14-13(16)18)8-15(11-1-2-11)7-10-3-6-19-9-10/h3,6,9,11H,1-2,4-5,7-8H2,(H,14,18). The third kappa shape index (κ3) is 2.96. The average molecular weight is 279 g/mol. The highest BCUT2D eigenvalue weighted by atomic mass is 32.1. The zero-order valence-corrected chi connectivity index (χ0v) is 11.5. The normalized spacial score (nSPS) is 19.0. The van der Waals surface area contributed by atoms with E-state index in [0.29, 0.717) is 25.7 Å². The predicted octanol–water partition coefficient (Wildman–Crippen LogP) is 1.26. The molecule has 3 rings (SSSR count). The molecule has 1 aliphatic carbocycles. The van der Waals surface area contributed by atoms with E-state index in [4.69, 9.17) is 0 Å². The topological polar surface area (TPSA) is 52.7 Å². The first-order valence-corrected chi connectivity index (χ1v) is 7.51. The molecule has 0 radical (unpaired) electrons. The van der Waals surface area contributed by atoms with Crippen LogP contribution in [0.3, 0.4) is 0 Å². The van der Waals surface area contributed by atoms with E-state index in [2.05, 4.69) is 27.0 Å². The van der Waals surface area contributed by atoms with Crippen molar-refractivity contribution in [1.29, 1.82) is 0 Å². The van der Waals surface area contributed by atoms with Crippen LogP contribution in [0, 0.1) is 0 Å². The highest BCUT2D eigenvalue weighted by Crippen LogP contribution is 2.28. The van der Waals surface area contributed by atoms with E-state index < -0.39 is 0 Å². The zero-order valence-electron chi connectivity index (χ0n) is 10.7. The quantitative estimate of drug-likeness (QED) is 0.883. The van der Waals surface area contributed by atoms with Crippen molar-refractivity contribution in [3.8, 4) is 0 Å². The Morgan fingerprint density at radius 2 is 2.37 bits per heavy atom. The van der Waals surface area contributed by atoms with Crippen molar-refractivity contribution in [2.75, 3.05) is 19.6 Å². The number of thiophene rings is 1. The summed E-state index contributed by atoms with van der Waals surface area (Å²) >= 11 is 1.67. The van der Waals surface area contributed by atoms with E-state index in [1.807, 2.05) is 0 Å². The monoisotopic (exact) mass is 279 g/mol. The van der Waals surface area contributed by atoms with Gasteiger partial charge in [-0.05, 0) is 35.2 Å². The van der Waals surface area contributed by atoms with E-state index >= 15 is 0 Å². The molecule has 1 saturated carbocycles. The molecule has 1 aliphatic heterocycles. The fourth-order valence-electron chi connectivity index (χ4n) is 2.34. The Bertz CT molecular complexity index is 470. The van der Waals surface area contributed by atoms with Gasteiger partial charge in [0.15, 0.2) is 0 Å². The molecule has 6 heteroatoms. The maximum absolute atomic E-state index is 12.2. The third-order valence-electron chi connectivity index (χ3n) is 3.53. The molecule has 0 atom stereocenters. The van der Waals surface area contributed by atoms with Crippen molar-refractivity contribution >= 4 is 23.3 Å². The molecule has 0 unspecified atom stereocenters. The Morgan fingerprint density at radius 3 is 2.95 bits per heavy atom. The molecule has 0 aromatic carbocycles. The molecule has 1 N–H and O–H groups in total. The maximum atomic E-state index is 12.2. The van der Waals surface area contributed by atoms with Crippen LogP contribution >= 0.6 is 11.3 Å². The minimum Gasteiger partial charge on any atom is -0.336 e. The fraction of sp³-hybridized carbons (Fsp3) is 0.538. The van der Waals surface area contributed by atoms with E-state index in [1.165, 1.54) is 10.5 Å². The summed E-state index contributed by atoms with van der Waals surface area (Å²) in [7, 11) is 0. The molecule has 5 nitrogen and oxygen atoms in total. The van der Waals surface area contributed by atoms with Gasteiger partial charge in [0.1, 0.15) is 0 Å². The lowest BCUT2D eigenvalue weighted by atomic mass is 10.3. The van der Waals surface area contributed by atoms with Gasteiger partial charge in [0.05, 0.1) is 6.54 Å².